The van der Waals surface area contributed by atoms with E-state index in [1.54, 1.807) is 11.3 Å². The van der Waals surface area contributed by atoms with Gasteiger partial charge in [0.15, 0.2) is 0 Å². The molecule has 0 aliphatic rings. The number of rotatable bonds is 3. The molecule has 0 radical (unpaired) electrons. The van der Waals surface area contributed by atoms with E-state index in [-0.39, 0.29) is 0 Å². The SMILES string of the molecule is Cc1nc(-c2cccc(-c3nn[nH]n3)c2-c2ccccc2)sc1C. The van der Waals surface area contributed by atoms with Crippen LogP contribution in [0.2, 0.25) is 0 Å². The van der Waals surface area contributed by atoms with Gasteiger partial charge in [0.25, 0.3) is 0 Å². The molecule has 24 heavy (non-hydrogen) atoms. The number of aromatic amines is 1. The predicted octanol–water partition coefficient (Wildman–Crippen LogP) is 4.27. The smallest absolute Gasteiger partial charge is 0.205 e. The van der Waals surface area contributed by atoms with Crippen LogP contribution in [0.3, 0.4) is 0 Å². The van der Waals surface area contributed by atoms with Crippen molar-refractivity contribution in [2.45, 2.75) is 13.8 Å². The van der Waals surface area contributed by atoms with Crippen molar-refractivity contribution in [3.63, 3.8) is 0 Å². The molecule has 0 atom stereocenters. The zero-order valence-corrected chi connectivity index (χ0v) is 14.1. The van der Waals surface area contributed by atoms with Crippen LogP contribution < -0.4 is 0 Å². The number of benzene rings is 2. The summed E-state index contributed by atoms with van der Waals surface area (Å²) >= 11 is 1.71. The Kier molecular flexibility index (Phi) is 3.66. The fraction of sp³-hybridized carbons (Fsp3) is 0.111. The molecule has 0 bridgehead atoms. The Morgan fingerprint density at radius 1 is 0.917 bits per heavy atom. The largest absolute Gasteiger partial charge is 0.241 e. The molecule has 5 nitrogen and oxygen atoms in total. The summed E-state index contributed by atoms with van der Waals surface area (Å²) in [5.74, 6) is 0.584. The molecule has 0 aliphatic heterocycles. The number of tetrazole rings is 1. The second-order valence-electron chi connectivity index (χ2n) is 5.49. The molecule has 1 N–H and O–H groups in total. The molecule has 4 aromatic rings. The Bertz CT molecular complexity index is 955. The van der Waals surface area contributed by atoms with E-state index in [1.165, 1.54) is 4.88 Å². The molecule has 6 heteroatoms. The zero-order chi connectivity index (χ0) is 16.5. The highest BCUT2D eigenvalue weighted by Gasteiger charge is 2.18. The van der Waals surface area contributed by atoms with Crippen molar-refractivity contribution >= 4 is 11.3 Å². The molecule has 2 aromatic carbocycles. The quantitative estimate of drug-likeness (QED) is 0.608. The van der Waals surface area contributed by atoms with Crippen LogP contribution in [-0.4, -0.2) is 25.6 Å². The van der Waals surface area contributed by atoms with Crippen LogP contribution in [0, 0.1) is 13.8 Å². The van der Waals surface area contributed by atoms with Crippen molar-refractivity contribution in [2.75, 3.05) is 0 Å². The van der Waals surface area contributed by atoms with Crippen LogP contribution >= 0.6 is 11.3 Å². The van der Waals surface area contributed by atoms with Crippen molar-refractivity contribution in [3.8, 4) is 33.1 Å². The highest BCUT2D eigenvalue weighted by Crippen LogP contribution is 2.40. The lowest BCUT2D eigenvalue weighted by atomic mass is 9.94. The Morgan fingerprint density at radius 3 is 2.38 bits per heavy atom. The summed E-state index contributed by atoms with van der Waals surface area (Å²) in [7, 11) is 0. The monoisotopic (exact) mass is 333 g/mol. The lowest BCUT2D eigenvalue weighted by molar-refractivity contribution is 0.881. The maximum absolute atomic E-state index is 4.74. The number of nitrogens with one attached hydrogen (secondary N) is 1. The summed E-state index contributed by atoms with van der Waals surface area (Å²) in [4.78, 5) is 5.97. The number of H-pyrrole nitrogens is 1. The highest BCUT2D eigenvalue weighted by molar-refractivity contribution is 7.15. The van der Waals surface area contributed by atoms with Gasteiger partial charge in [-0.15, -0.1) is 21.5 Å². The lowest BCUT2D eigenvalue weighted by Gasteiger charge is -2.12. The molecule has 0 fully saturated rings. The fourth-order valence-electron chi connectivity index (χ4n) is 2.70. The Balaban J connectivity index is 2.02. The molecule has 2 heterocycles. The third-order valence-electron chi connectivity index (χ3n) is 3.97. The summed E-state index contributed by atoms with van der Waals surface area (Å²) in [6.07, 6.45) is 0. The van der Waals surface area contributed by atoms with Gasteiger partial charge >= 0.3 is 0 Å². The van der Waals surface area contributed by atoms with Crippen LogP contribution in [0.1, 0.15) is 10.6 Å². The van der Waals surface area contributed by atoms with Crippen molar-refractivity contribution < 1.29 is 0 Å². The van der Waals surface area contributed by atoms with E-state index in [4.69, 9.17) is 4.98 Å². The number of hydrogen-bond donors (Lipinski definition) is 1. The van der Waals surface area contributed by atoms with E-state index in [2.05, 4.69) is 45.7 Å². The lowest BCUT2D eigenvalue weighted by Crippen LogP contribution is -1.91. The molecular formula is C18H15N5S. The van der Waals surface area contributed by atoms with Crippen molar-refractivity contribution in [3.05, 3.63) is 59.1 Å². The van der Waals surface area contributed by atoms with Crippen LogP contribution in [0.5, 0.6) is 0 Å². The Hall–Kier alpha value is -2.86. The van der Waals surface area contributed by atoms with Crippen LogP contribution in [0.4, 0.5) is 0 Å². The van der Waals surface area contributed by atoms with Crippen LogP contribution in [-0.2, 0) is 0 Å². The Morgan fingerprint density at radius 2 is 1.71 bits per heavy atom. The normalized spacial score (nSPS) is 10.9. The molecular weight excluding hydrogens is 318 g/mol. The van der Waals surface area contributed by atoms with Gasteiger partial charge in [-0.1, -0.05) is 48.5 Å². The third kappa shape index (κ3) is 2.51. The van der Waals surface area contributed by atoms with Gasteiger partial charge in [0.2, 0.25) is 5.82 Å². The van der Waals surface area contributed by atoms with E-state index in [0.717, 1.165) is 33.0 Å². The van der Waals surface area contributed by atoms with Gasteiger partial charge in [0, 0.05) is 21.6 Å². The summed E-state index contributed by atoms with van der Waals surface area (Å²) < 4.78 is 0. The molecule has 0 amide bonds. The fourth-order valence-corrected chi connectivity index (χ4v) is 3.64. The molecule has 0 aliphatic carbocycles. The van der Waals surface area contributed by atoms with Gasteiger partial charge in [-0.2, -0.15) is 5.21 Å². The number of aromatic nitrogens is 5. The van der Waals surface area contributed by atoms with Crippen LogP contribution in [0.15, 0.2) is 48.5 Å². The third-order valence-corrected chi connectivity index (χ3v) is 5.08. The standard InChI is InChI=1S/C18H15N5S/c1-11-12(2)24-18(19-11)15-10-6-9-14(17-20-22-23-21-17)16(15)13-7-4-3-5-8-13/h3-10H,1-2H3,(H,20,21,22,23). The zero-order valence-electron chi connectivity index (χ0n) is 13.3. The number of hydrogen-bond acceptors (Lipinski definition) is 5. The molecule has 0 saturated carbocycles. The van der Waals surface area contributed by atoms with Gasteiger partial charge in [-0.25, -0.2) is 4.98 Å². The van der Waals surface area contributed by atoms with E-state index < -0.39 is 0 Å². The molecule has 0 spiro atoms. The number of thiazole rings is 1. The maximum Gasteiger partial charge on any atom is 0.205 e. The predicted molar refractivity (Wildman–Crippen MR) is 95.6 cm³/mol. The summed E-state index contributed by atoms with van der Waals surface area (Å²) in [5.41, 5.74) is 5.29. The first-order chi connectivity index (χ1) is 11.7. The number of nitrogens with zero attached hydrogens (tertiary/aromatic N) is 4. The first-order valence-electron chi connectivity index (χ1n) is 7.60. The average Bonchev–Trinajstić information content (AvgIpc) is 3.26. The van der Waals surface area contributed by atoms with Crippen molar-refractivity contribution in [1.29, 1.82) is 0 Å². The molecule has 2 aromatic heterocycles. The van der Waals surface area contributed by atoms with E-state index in [1.807, 2.05) is 37.3 Å². The van der Waals surface area contributed by atoms with E-state index in [0.29, 0.717) is 5.82 Å². The second kappa shape index (κ2) is 5.98. The topological polar surface area (TPSA) is 67.3 Å². The number of aryl methyl sites for hydroxylation is 2. The minimum atomic E-state index is 0.584. The van der Waals surface area contributed by atoms with E-state index in [9.17, 15) is 0 Å². The average molecular weight is 333 g/mol. The van der Waals surface area contributed by atoms with Gasteiger partial charge < -0.3 is 0 Å². The van der Waals surface area contributed by atoms with Gasteiger partial charge in [-0.3, -0.25) is 0 Å². The van der Waals surface area contributed by atoms with Gasteiger partial charge in [0.05, 0.1) is 5.69 Å². The summed E-state index contributed by atoms with van der Waals surface area (Å²) in [5, 5.41) is 15.6. The molecule has 118 valence electrons. The van der Waals surface area contributed by atoms with Gasteiger partial charge in [0.1, 0.15) is 5.01 Å². The highest BCUT2D eigenvalue weighted by atomic mass is 32.1. The molecule has 0 unspecified atom stereocenters. The Labute approximate surface area is 143 Å². The molecule has 0 saturated heterocycles. The maximum atomic E-state index is 4.74. The first kappa shape index (κ1) is 14.7. The minimum absolute atomic E-state index is 0.584. The van der Waals surface area contributed by atoms with Gasteiger partial charge in [-0.05, 0) is 24.6 Å². The van der Waals surface area contributed by atoms with Crippen LogP contribution in [0.25, 0.3) is 33.1 Å². The summed E-state index contributed by atoms with van der Waals surface area (Å²) in [6.45, 7) is 4.14. The first-order valence-corrected chi connectivity index (χ1v) is 8.42. The summed E-state index contributed by atoms with van der Waals surface area (Å²) in [6, 6.07) is 16.4. The molecule has 4 rings (SSSR count). The van der Waals surface area contributed by atoms with E-state index >= 15 is 0 Å². The second-order valence-corrected chi connectivity index (χ2v) is 6.69. The minimum Gasteiger partial charge on any atom is -0.241 e. The van der Waals surface area contributed by atoms with Crippen molar-refractivity contribution in [1.82, 2.24) is 25.6 Å². The van der Waals surface area contributed by atoms with Crippen molar-refractivity contribution in [2.24, 2.45) is 0 Å².